The summed E-state index contributed by atoms with van der Waals surface area (Å²) in [5.74, 6) is 0.203. The van der Waals surface area contributed by atoms with Crippen molar-refractivity contribution >= 4 is 33.6 Å². The molecule has 4 rings (SSSR count). The smallest absolute Gasteiger partial charge is 0.407 e. The van der Waals surface area contributed by atoms with Crippen LogP contribution in [-0.4, -0.2) is 52.4 Å². The van der Waals surface area contributed by atoms with Crippen molar-refractivity contribution in [3.8, 4) is 11.1 Å². The molecular formula is C28H36N2O4S2. The summed E-state index contributed by atoms with van der Waals surface area (Å²) < 4.78 is 5.73. The van der Waals surface area contributed by atoms with Gasteiger partial charge in [0.15, 0.2) is 0 Å². The lowest BCUT2D eigenvalue weighted by Gasteiger charge is -2.28. The largest absolute Gasteiger partial charge is 0.449 e. The van der Waals surface area contributed by atoms with Gasteiger partial charge in [0.25, 0.3) is 0 Å². The second kappa shape index (κ2) is 11.9. The Balaban J connectivity index is 1.38. The zero-order valence-electron chi connectivity index (χ0n) is 21.2. The highest BCUT2D eigenvalue weighted by molar-refractivity contribution is 8.77. The predicted molar refractivity (Wildman–Crippen MR) is 148 cm³/mol. The van der Waals surface area contributed by atoms with Crippen LogP contribution in [0.25, 0.3) is 11.1 Å². The minimum absolute atomic E-state index is 0.0213. The van der Waals surface area contributed by atoms with E-state index in [9.17, 15) is 14.7 Å². The third-order valence-corrected chi connectivity index (χ3v) is 9.89. The topological polar surface area (TPSA) is 87.7 Å². The standard InChI is InChI=1S/C28H36N2O4S2/c1-28(2,3)36-35-17-25(26(32)29-18-12-14-19(31)15-13-18)30-27(33)34-16-24-22-10-6-4-8-20(22)21-9-5-7-11-23(21)24/h4-11,18-19,24-25,31H,12-17H2,1-3H3,(H,29,32)(H,30,33)/t18?,19?,25-/m0/s1. The summed E-state index contributed by atoms with van der Waals surface area (Å²) in [6, 6.07) is 15.7. The molecule has 0 heterocycles. The normalized spacial score (nSPS) is 20.2. The van der Waals surface area contributed by atoms with Gasteiger partial charge < -0.3 is 20.5 Å². The van der Waals surface area contributed by atoms with Gasteiger partial charge in [0.05, 0.1) is 6.10 Å². The van der Waals surface area contributed by atoms with Gasteiger partial charge in [-0.2, -0.15) is 0 Å². The number of carbonyl (C=O) groups is 2. The van der Waals surface area contributed by atoms with Gasteiger partial charge in [0.1, 0.15) is 12.6 Å². The SMILES string of the molecule is CC(C)(C)SSC[C@H](NC(=O)OCC1c2ccccc2-c2ccccc21)C(=O)NC1CCC(O)CC1. The number of carbonyl (C=O) groups excluding carboxylic acids is 2. The van der Waals surface area contributed by atoms with Crippen molar-refractivity contribution in [1.82, 2.24) is 10.6 Å². The fraction of sp³-hybridized carbons (Fsp3) is 0.500. The van der Waals surface area contributed by atoms with E-state index in [1.165, 1.54) is 11.1 Å². The molecule has 2 amide bonds. The molecule has 8 heteroatoms. The average Bonchev–Trinajstić information content (AvgIpc) is 3.16. The molecule has 0 aromatic heterocycles. The predicted octanol–water partition coefficient (Wildman–Crippen LogP) is 5.49. The molecular weight excluding hydrogens is 492 g/mol. The first kappa shape index (κ1) is 26.9. The van der Waals surface area contributed by atoms with Crippen molar-refractivity contribution in [3.05, 3.63) is 59.7 Å². The molecule has 0 bridgehead atoms. The first-order chi connectivity index (χ1) is 17.2. The van der Waals surface area contributed by atoms with Crippen LogP contribution < -0.4 is 10.6 Å². The van der Waals surface area contributed by atoms with Gasteiger partial charge >= 0.3 is 6.09 Å². The maximum atomic E-state index is 13.1. The molecule has 194 valence electrons. The maximum absolute atomic E-state index is 13.1. The Kier molecular flexibility index (Phi) is 8.91. The maximum Gasteiger partial charge on any atom is 0.407 e. The van der Waals surface area contributed by atoms with Crippen LogP contribution in [0.1, 0.15) is 63.5 Å². The number of aliphatic hydroxyl groups is 1. The number of fused-ring (bicyclic) bond motifs is 3. The van der Waals surface area contributed by atoms with Crippen molar-refractivity contribution in [2.45, 2.75) is 75.3 Å². The van der Waals surface area contributed by atoms with Gasteiger partial charge in [-0.15, -0.1) is 0 Å². The zero-order valence-corrected chi connectivity index (χ0v) is 22.8. The molecule has 0 radical (unpaired) electrons. The third-order valence-electron chi connectivity index (χ3n) is 6.54. The first-order valence-electron chi connectivity index (χ1n) is 12.6. The van der Waals surface area contributed by atoms with Crippen LogP contribution in [0.3, 0.4) is 0 Å². The molecule has 0 unspecified atom stereocenters. The highest BCUT2D eigenvalue weighted by Crippen LogP contribution is 2.44. The van der Waals surface area contributed by atoms with E-state index in [1.807, 2.05) is 24.3 Å². The lowest BCUT2D eigenvalue weighted by atomic mass is 9.93. The van der Waals surface area contributed by atoms with Gasteiger partial charge in [0, 0.05) is 22.5 Å². The van der Waals surface area contributed by atoms with E-state index in [1.54, 1.807) is 21.6 Å². The molecule has 1 atom stereocenters. The Bertz CT molecular complexity index is 1020. The number of rotatable bonds is 8. The minimum Gasteiger partial charge on any atom is -0.449 e. The van der Waals surface area contributed by atoms with Crippen molar-refractivity contribution < 1.29 is 19.4 Å². The zero-order chi connectivity index (χ0) is 25.7. The second-order valence-electron chi connectivity index (χ2n) is 10.5. The summed E-state index contributed by atoms with van der Waals surface area (Å²) in [5.41, 5.74) is 4.65. The molecule has 0 aliphatic heterocycles. The quantitative estimate of drug-likeness (QED) is 0.393. The number of hydrogen-bond donors (Lipinski definition) is 3. The van der Waals surface area contributed by atoms with Crippen molar-refractivity contribution in [2.24, 2.45) is 0 Å². The monoisotopic (exact) mass is 528 g/mol. The Morgan fingerprint density at radius 2 is 1.58 bits per heavy atom. The summed E-state index contributed by atoms with van der Waals surface area (Å²) in [7, 11) is 3.25. The molecule has 2 aromatic rings. The number of hydrogen-bond acceptors (Lipinski definition) is 6. The molecule has 0 saturated heterocycles. The molecule has 1 saturated carbocycles. The number of alkyl carbamates (subject to hydrolysis) is 1. The van der Waals surface area contributed by atoms with E-state index in [-0.39, 0.29) is 35.3 Å². The van der Waals surface area contributed by atoms with E-state index in [2.05, 4.69) is 55.7 Å². The number of benzene rings is 2. The molecule has 3 N–H and O–H groups in total. The van der Waals surface area contributed by atoms with Crippen molar-refractivity contribution in [3.63, 3.8) is 0 Å². The average molecular weight is 529 g/mol. The fourth-order valence-corrected chi connectivity index (χ4v) is 7.23. The second-order valence-corrected chi connectivity index (χ2v) is 13.7. The van der Waals surface area contributed by atoms with E-state index < -0.39 is 12.1 Å². The van der Waals surface area contributed by atoms with Gasteiger partial charge in [-0.3, -0.25) is 4.79 Å². The summed E-state index contributed by atoms with van der Waals surface area (Å²) in [5, 5.41) is 15.7. The number of nitrogens with one attached hydrogen (secondary N) is 2. The first-order valence-corrected chi connectivity index (χ1v) is 14.9. The summed E-state index contributed by atoms with van der Waals surface area (Å²) in [6.45, 7) is 6.56. The minimum atomic E-state index is -0.702. The Hall–Kier alpha value is -2.16. The molecule has 36 heavy (non-hydrogen) atoms. The summed E-state index contributed by atoms with van der Waals surface area (Å²) in [4.78, 5) is 26.0. The molecule has 2 aliphatic rings. The summed E-state index contributed by atoms with van der Waals surface area (Å²) in [6.07, 6.45) is 1.99. The van der Waals surface area contributed by atoms with Gasteiger partial charge in [-0.05, 0) is 47.9 Å². The molecule has 6 nitrogen and oxygen atoms in total. The highest BCUT2D eigenvalue weighted by Gasteiger charge is 2.31. The molecule has 2 aromatic carbocycles. The lowest BCUT2D eigenvalue weighted by Crippen LogP contribution is -2.51. The fourth-order valence-electron chi connectivity index (χ4n) is 4.77. The van der Waals surface area contributed by atoms with Crippen LogP contribution in [-0.2, 0) is 9.53 Å². The van der Waals surface area contributed by atoms with Crippen LogP contribution in [0, 0.1) is 0 Å². The van der Waals surface area contributed by atoms with Crippen molar-refractivity contribution in [2.75, 3.05) is 12.4 Å². The Labute approximate surface area is 221 Å². The van der Waals surface area contributed by atoms with Gasteiger partial charge in [0.2, 0.25) is 5.91 Å². The van der Waals surface area contributed by atoms with E-state index in [0.717, 1.165) is 24.0 Å². The molecule has 0 spiro atoms. The van der Waals surface area contributed by atoms with Gasteiger partial charge in [-0.25, -0.2) is 4.79 Å². The molecule has 2 aliphatic carbocycles. The van der Waals surface area contributed by atoms with Gasteiger partial charge in [-0.1, -0.05) is 90.9 Å². The van der Waals surface area contributed by atoms with E-state index >= 15 is 0 Å². The lowest BCUT2D eigenvalue weighted by molar-refractivity contribution is -0.123. The van der Waals surface area contributed by atoms with Crippen LogP contribution >= 0.6 is 21.6 Å². The van der Waals surface area contributed by atoms with Crippen LogP contribution in [0.5, 0.6) is 0 Å². The highest BCUT2D eigenvalue weighted by atomic mass is 33.1. The third kappa shape index (κ3) is 6.99. The van der Waals surface area contributed by atoms with Crippen LogP contribution in [0.15, 0.2) is 48.5 Å². The van der Waals surface area contributed by atoms with E-state index in [0.29, 0.717) is 18.6 Å². The molecule has 1 fully saturated rings. The number of amides is 2. The van der Waals surface area contributed by atoms with Crippen LogP contribution in [0.4, 0.5) is 4.79 Å². The number of ether oxygens (including phenoxy) is 1. The summed E-state index contributed by atoms with van der Waals surface area (Å²) >= 11 is 0. The number of aliphatic hydroxyl groups excluding tert-OH is 1. The van der Waals surface area contributed by atoms with Crippen molar-refractivity contribution in [1.29, 1.82) is 0 Å². The van der Waals surface area contributed by atoms with Crippen LogP contribution in [0.2, 0.25) is 0 Å². The Morgan fingerprint density at radius 1 is 1.00 bits per heavy atom. The van der Waals surface area contributed by atoms with E-state index in [4.69, 9.17) is 4.74 Å². The Morgan fingerprint density at radius 3 is 2.17 bits per heavy atom.